The summed E-state index contributed by atoms with van der Waals surface area (Å²) < 4.78 is 23.0. The van der Waals surface area contributed by atoms with E-state index in [-0.39, 0.29) is 5.89 Å². The Hall–Kier alpha value is -2.48. The Kier molecular flexibility index (Phi) is 5.28. The fourth-order valence-electron chi connectivity index (χ4n) is 2.92. The molecule has 0 aliphatic carbocycles. The molecule has 8 heteroatoms. The van der Waals surface area contributed by atoms with E-state index in [0.29, 0.717) is 36.1 Å². The van der Waals surface area contributed by atoms with Gasteiger partial charge in [0.1, 0.15) is 6.67 Å². The predicted molar refractivity (Wildman–Crippen MR) is 91.3 cm³/mol. The molecule has 1 aliphatic rings. The van der Waals surface area contributed by atoms with E-state index in [1.807, 2.05) is 6.92 Å². The third-order valence-electron chi connectivity index (χ3n) is 4.14. The first-order chi connectivity index (χ1) is 12.2. The molecule has 136 valence electrons. The van der Waals surface area contributed by atoms with Gasteiger partial charge in [-0.2, -0.15) is 4.68 Å². The van der Waals surface area contributed by atoms with Gasteiger partial charge in [0.25, 0.3) is 0 Å². The minimum atomic E-state index is -0.478. The third kappa shape index (κ3) is 3.63. The quantitative estimate of drug-likeness (QED) is 0.756. The van der Waals surface area contributed by atoms with Crippen LogP contribution in [0, 0.1) is 0 Å². The summed E-state index contributed by atoms with van der Waals surface area (Å²) in [4.78, 5) is 14.3. The Bertz CT molecular complexity index is 752. The van der Waals surface area contributed by atoms with Gasteiger partial charge < -0.3 is 18.6 Å². The molecule has 0 bridgehead atoms. The molecule has 0 radical (unpaired) electrons. The maximum atomic E-state index is 12.1. The third-order valence-corrected chi connectivity index (χ3v) is 4.14. The standard InChI is InChI=1S/C17H23N3O5/c1-4-24-15-13(22-2)9-12(10-14(15)23-3)16-18-20(17(21)25-16)11-19-7-5-6-8-19/h9-10H,4-8,11H2,1-3H3. The first kappa shape index (κ1) is 17.3. The Balaban J connectivity index is 1.94. The lowest BCUT2D eigenvalue weighted by molar-refractivity contribution is 0.245. The van der Waals surface area contributed by atoms with Gasteiger partial charge in [0.15, 0.2) is 11.5 Å². The van der Waals surface area contributed by atoms with Crippen molar-refractivity contribution >= 4 is 0 Å². The van der Waals surface area contributed by atoms with Crippen LogP contribution in [0.4, 0.5) is 0 Å². The predicted octanol–water partition coefficient (Wildman–Crippen LogP) is 1.97. The van der Waals surface area contributed by atoms with Crippen molar-refractivity contribution < 1.29 is 18.6 Å². The van der Waals surface area contributed by atoms with Crippen LogP contribution in [0.2, 0.25) is 0 Å². The van der Waals surface area contributed by atoms with Gasteiger partial charge in [0.2, 0.25) is 11.6 Å². The van der Waals surface area contributed by atoms with E-state index in [1.165, 1.54) is 4.68 Å². The lowest BCUT2D eigenvalue weighted by Crippen LogP contribution is -2.29. The highest BCUT2D eigenvalue weighted by Crippen LogP contribution is 2.40. The topological polar surface area (TPSA) is 79.0 Å². The molecule has 3 rings (SSSR count). The summed E-state index contributed by atoms with van der Waals surface area (Å²) in [6.07, 6.45) is 2.29. The maximum absolute atomic E-state index is 12.1. The second kappa shape index (κ2) is 7.60. The van der Waals surface area contributed by atoms with Crippen molar-refractivity contribution in [2.24, 2.45) is 0 Å². The molecule has 0 saturated carbocycles. The van der Waals surface area contributed by atoms with E-state index in [2.05, 4.69) is 10.00 Å². The van der Waals surface area contributed by atoms with Gasteiger partial charge in [-0.3, -0.25) is 4.90 Å². The molecule has 1 aromatic heterocycles. The van der Waals surface area contributed by atoms with Crippen LogP contribution >= 0.6 is 0 Å². The second-order valence-corrected chi connectivity index (χ2v) is 5.78. The number of benzene rings is 1. The number of ether oxygens (including phenoxy) is 3. The zero-order valence-corrected chi connectivity index (χ0v) is 14.8. The molecule has 1 aliphatic heterocycles. The first-order valence-electron chi connectivity index (χ1n) is 8.35. The molecule has 0 N–H and O–H groups in total. The van der Waals surface area contributed by atoms with Crippen LogP contribution in [0.25, 0.3) is 11.5 Å². The molecule has 0 amide bonds. The molecule has 25 heavy (non-hydrogen) atoms. The molecule has 1 fully saturated rings. The highest BCUT2D eigenvalue weighted by molar-refractivity contribution is 5.65. The Labute approximate surface area is 145 Å². The van der Waals surface area contributed by atoms with Crippen LogP contribution in [0.3, 0.4) is 0 Å². The minimum absolute atomic E-state index is 0.226. The van der Waals surface area contributed by atoms with Crippen LogP contribution < -0.4 is 20.0 Å². The van der Waals surface area contributed by atoms with E-state index in [1.54, 1.807) is 26.4 Å². The van der Waals surface area contributed by atoms with Crippen LogP contribution in [-0.2, 0) is 6.67 Å². The van der Waals surface area contributed by atoms with Gasteiger partial charge in [-0.05, 0) is 45.0 Å². The summed E-state index contributed by atoms with van der Waals surface area (Å²) in [6, 6.07) is 3.44. The van der Waals surface area contributed by atoms with Crippen LogP contribution in [0.5, 0.6) is 17.2 Å². The van der Waals surface area contributed by atoms with Crippen LogP contribution in [0.1, 0.15) is 19.8 Å². The minimum Gasteiger partial charge on any atom is -0.493 e. The van der Waals surface area contributed by atoms with Gasteiger partial charge in [-0.15, -0.1) is 5.10 Å². The number of rotatable bonds is 7. The lowest BCUT2D eigenvalue weighted by atomic mass is 10.2. The highest BCUT2D eigenvalue weighted by Gasteiger charge is 2.20. The summed E-state index contributed by atoms with van der Waals surface area (Å²) in [5.41, 5.74) is 0.592. The normalized spacial score (nSPS) is 14.7. The number of hydrogen-bond donors (Lipinski definition) is 0. The smallest absolute Gasteiger partial charge is 0.438 e. The van der Waals surface area contributed by atoms with Gasteiger partial charge in [-0.25, -0.2) is 4.79 Å². The van der Waals surface area contributed by atoms with Gasteiger partial charge in [0, 0.05) is 5.56 Å². The largest absolute Gasteiger partial charge is 0.493 e. The van der Waals surface area contributed by atoms with Crippen LogP contribution in [-0.4, -0.2) is 48.6 Å². The summed E-state index contributed by atoms with van der Waals surface area (Å²) in [5, 5.41) is 4.31. The fraction of sp³-hybridized carbons (Fsp3) is 0.529. The number of hydrogen-bond acceptors (Lipinski definition) is 7. The molecule has 0 atom stereocenters. The van der Waals surface area contributed by atoms with E-state index in [9.17, 15) is 4.79 Å². The van der Waals surface area contributed by atoms with Crippen molar-refractivity contribution in [1.82, 2.24) is 14.7 Å². The van der Waals surface area contributed by atoms with Gasteiger partial charge >= 0.3 is 5.76 Å². The Morgan fingerprint density at radius 1 is 1.16 bits per heavy atom. The molecule has 0 unspecified atom stereocenters. The van der Waals surface area contributed by atoms with E-state index in [0.717, 1.165) is 25.9 Å². The summed E-state index contributed by atoms with van der Waals surface area (Å²) in [7, 11) is 3.09. The highest BCUT2D eigenvalue weighted by atomic mass is 16.5. The van der Waals surface area contributed by atoms with Crippen molar-refractivity contribution in [1.29, 1.82) is 0 Å². The van der Waals surface area contributed by atoms with Crippen molar-refractivity contribution in [3.8, 4) is 28.7 Å². The number of aromatic nitrogens is 2. The molecule has 2 aromatic rings. The van der Waals surface area contributed by atoms with Gasteiger partial charge in [0.05, 0.1) is 20.8 Å². The van der Waals surface area contributed by atoms with Crippen LogP contribution in [0.15, 0.2) is 21.3 Å². The van der Waals surface area contributed by atoms with Crippen molar-refractivity contribution in [3.05, 3.63) is 22.7 Å². The first-order valence-corrected chi connectivity index (χ1v) is 8.35. The average Bonchev–Trinajstić information content (AvgIpc) is 3.26. The second-order valence-electron chi connectivity index (χ2n) is 5.78. The lowest BCUT2D eigenvalue weighted by Gasteiger charge is -2.14. The molecule has 8 nitrogen and oxygen atoms in total. The zero-order valence-electron chi connectivity index (χ0n) is 14.8. The monoisotopic (exact) mass is 349 g/mol. The average molecular weight is 349 g/mol. The number of likely N-dealkylation sites (tertiary alicyclic amines) is 1. The Morgan fingerprint density at radius 3 is 2.36 bits per heavy atom. The summed E-state index contributed by atoms with van der Waals surface area (Å²) in [5.74, 6) is 1.24. The molecule has 1 aromatic carbocycles. The van der Waals surface area contributed by atoms with Crippen molar-refractivity contribution in [2.45, 2.75) is 26.4 Å². The SMILES string of the molecule is CCOc1c(OC)cc(-c2nn(CN3CCCC3)c(=O)o2)cc1OC. The molecular weight excluding hydrogens is 326 g/mol. The van der Waals surface area contributed by atoms with E-state index in [4.69, 9.17) is 18.6 Å². The zero-order chi connectivity index (χ0) is 17.8. The van der Waals surface area contributed by atoms with E-state index >= 15 is 0 Å². The molecule has 1 saturated heterocycles. The summed E-state index contributed by atoms with van der Waals surface area (Å²) >= 11 is 0. The molecule has 0 spiro atoms. The van der Waals surface area contributed by atoms with Crippen molar-refractivity contribution in [2.75, 3.05) is 33.9 Å². The fourth-order valence-corrected chi connectivity index (χ4v) is 2.92. The summed E-state index contributed by atoms with van der Waals surface area (Å²) in [6.45, 7) is 4.74. The molecular formula is C17H23N3O5. The van der Waals surface area contributed by atoms with Crippen molar-refractivity contribution in [3.63, 3.8) is 0 Å². The van der Waals surface area contributed by atoms with Gasteiger partial charge in [-0.1, -0.05) is 0 Å². The Morgan fingerprint density at radius 2 is 1.80 bits per heavy atom. The number of methoxy groups -OCH3 is 2. The molecule has 2 heterocycles. The maximum Gasteiger partial charge on any atom is 0.438 e. The van der Waals surface area contributed by atoms with E-state index < -0.39 is 5.76 Å². The number of nitrogens with zero attached hydrogens (tertiary/aromatic N) is 3.